The molecule has 13 N–H and O–H groups in total. The van der Waals surface area contributed by atoms with Crippen molar-refractivity contribution in [1.82, 2.24) is 41.1 Å². The molecular weight excluding hydrogens is 991 g/mol. The van der Waals surface area contributed by atoms with Crippen molar-refractivity contribution in [3.05, 3.63) is 109 Å². The Morgan fingerprint density at radius 2 is 1.53 bits per heavy atom. The number of aliphatic hydroxyl groups is 4. The van der Waals surface area contributed by atoms with Crippen molar-refractivity contribution in [3.8, 4) is 5.75 Å². The Morgan fingerprint density at radius 1 is 0.853 bits per heavy atom. The molecule has 1 aliphatic rings. The fraction of sp³-hybridized carbons (Fsp3) is 0.532. The second kappa shape index (κ2) is 28.8. The summed E-state index contributed by atoms with van der Waals surface area (Å²) in [5.74, 6) is -5.30. The van der Waals surface area contributed by atoms with Gasteiger partial charge in [0.15, 0.2) is 11.3 Å². The highest BCUT2D eigenvalue weighted by molar-refractivity contribution is 5.93. The van der Waals surface area contributed by atoms with Crippen LogP contribution in [-0.2, 0) is 41.8 Å². The number of carbonyl (C=O) groups excluding carboxylic acids is 4. The maximum absolute atomic E-state index is 13.9. The summed E-state index contributed by atoms with van der Waals surface area (Å²) in [6.07, 6.45) is -9.92. The van der Waals surface area contributed by atoms with E-state index in [2.05, 4.69) is 31.6 Å². The molecule has 2 aromatic carbocycles. The predicted octanol–water partition coefficient (Wildman–Crippen LogP) is -2.59. The lowest BCUT2D eigenvalue weighted by atomic mass is 9.98. The van der Waals surface area contributed by atoms with E-state index in [4.69, 9.17) is 19.9 Å². The molecule has 0 bridgehead atoms. The molecule has 412 valence electrons. The van der Waals surface area contributed by atoms with Gasteiger partial charge in [0.1, 0.15) is 60.9 Å². The second-order valence-electron chi connectivity index (χ2n) is 18.1. The van der Waals surface area contributed by atoms with Crippen LogP contribution in [0.15, 0.2) is 81.4 Å². The maximum Gasteiger partial charge on any atom is 0.333 e. The lowest BCUT2D eigenvalue weighted by Crippen LogP contribution is -2.60. The molecule has 75 heavy (non-hydrogen) atoms. The number of nitrogens with zero attached hydrogens (tertiary/aromatic N) is 4. The number of carbonyl (C=O) groups is 5. The molecule has 0 saturated carbocycles. The summed E-state index contributed by atoms with van der Waals surface area (Å²) in [5.41, 5.74) is 6.80. The summed E-state index contributed by atoms with van der Waals surface area (Å²) < 4.78 is 17.9. The summed E-state index contributed by atoms with van der Waals surface area (Å²) in [6.45, 7) is 5.63. The van der Waals surface area contributed by atoms with Gasteiger partial charge in [0, 0.05) is 25.4 Å². The number of nitrogens with one attached hydrogen (secondary N) is 6. The molecule has 28 nitrogen and oxygen atoms in total. The summed E-state index contributed by atoms with van der Waals surface area (Å²) >= 11 is 0. The van der Waals surface area contributed by atoms with Gasteiger partial charge in [-0.2, -0.15) is 0 Å². The van der Waals surface area contributed by atoms with Crippen molar-refractivity contribution in [1.29, 1.82) is 0 Å². The molecule has 28 heteroatoms. The third-order valence-corrected chi connectivity index (χ3v) is 11.9. The van der Waals surface area contributed by atoms with Crippen LogP contribution in [0.25, 0.3) is 0 Å². The van der Waals surface area contributed by atoms with E-state index < -0.39 is 125 Å². The Kier molecular flexibility index (Phi) is 23.1. The third-order valence-electron chi connectivity index (χ3n) is 11.9. The molecule has 4 rings (SSSR count). The summed E-state index contributed by atoms with van der Waals surface area (Å²) in [4.78, 5) is 107. The number of hydrogen-bond donors (Lipinski definition) is 12. The van der Waals surface area contributed by atoms with E-state index in [1.54, 1.807) is 87.7 Å². The van der Waals surface area contributed by atoms with Gasteiger partial charge in [0.25, 0.3) is 11.5 Å². The highest BCUT2D eigenvalue weighted by atomic mass is 16.7. The first kappa shape index (κ1) is 60.1. The van der Waals surface area contributed by atoms with Gasteiger partial charge < -0.3 is 72.1 Å². The van der Waals surface area contributed by atoms with E-state index in [-0.39, 0.29) is 52.0 Å². The number of benzene rings is 2. The zero-order valence-electron chi connectivity index (χ0n) is 41.9. The average molecular weight is 1060 g/mol. The first-order valence-corrected chi connectivity index (χ1v) is 23.9. The SMILES string of the molecule is COc1ccc(Cn2c(=O)ccn([C@@H]3OC([C@H](O)[C@H](NCCCNC(=O)[C@@H](NC(=O)[C@H](CCCN=C(N)N[N+](=O)[O-])NC(=O)N[C@H](C(=O)OCc4ccccc4)C(C)C)[C@@H](O)C(C)C)C(=O)O)[C@@H](O)[C@H]3O)c2=O)cc1. The smallest absolute Gasteiger partial charge is 0.333 e. The number of carboxylic acids is 1. The van der Waals surface area contributed by atoms with Gasteiger partial charge >= 0.3 is 23.7 Å². The van der Waals surface area contributed by atoms with E-state index >= 15 is 0 Å². The van der Waals surface area contributed by atoms with Gasteiger partial charge in [-0.1, -0.05) is 75.6 Å². The predicted molar refractivity (Wildman–Crippen MR) is 265 cm³/mol. The van der Waals surface area contributed by atoms with Crippen molar-refractivity contribution in [2.45, 2.75) is 121 Å². The fourth-order valence-corrected chi connectivity index (χ4v) is 7.69. The Morgan fingerprint density at radius 3 is 2.15 bits per heavy atom. The fourth-order valence-electron chi connectivity index (χ4n) is 7.69. The highest BCUT2D eigenvalue weighted by Gasteiger charge is 2.50. The number of guanidine groups is 1. The van der Waals surface area contributed by atoms with Crippen molar-refractivity contribution < 1.29 is 68.7 Å². The summed E-state index contributed by atoms with van der Waals surface area (Å²) in [5, 5.41) is 76.7. The monoisotopic (exact) mass is 1060 g/mol. The number of nitro groups is 1. The number of methoxy groups -OCH3 is 1. The number of hydrazine groups is 1. The zero-order valence-corrected chi connectivity index (χ0v) is 41.9. The second-order valence-corrected chi connectivity index (χ2v) is 18.1. The number of urea groups is 1. The number of esters is 1. The standard InChI is InChI=1S/C47H67N11O17/c1-25(2)32(44(68)74-24-28-11-7-6-8-12-28)54-46(69)52-30(13-9-19-51-45(48)55-58(71)72)40(64)53-33(35(60)26(3)4)41(65)50-21-10-20-49-34(43(66)67)36(61)39-37(62)38(63)42(75-39)56-22-18-31(59)57(47(56)70)23-27-14-16-29(73-5)17-15-27/h6-8,11-12,14-18,22,25-26,30,32-39,42,49,60-63H,9-10,13,19-21,23-24H2,1-5H3,(H,50,65)(H,53,64)(H,66,67)(H3,48,51,55)(H2,52,54,69)/t30-,32-,33-,34-,35-,36+,37-,38+,39?,42+/m0/s1. The van der Waals surface area contributed by atoms with Gasteiger partial charge in [-0.15, -0.1) is 0 Å². The van der Waals surface area contributed by atoms with Crippen LogP contribution < -0.4 is 53.7 Å². The molecule has 1 fully saturated rings. The van der Waals surface area contributed by atoms with Gasteiger partial charge in [0.2, 0.25) is 11.8 Å². The molecule has 0 aliphatic carbocycles. The van der Waals surface area contributed by atoms with Crippen molar-refractivity contribution >= 4 is 35.7 Å². The highest BCUT2D eigenvalue weighted by Crippen LogP contribution is 2.31. The first-order valence-electron chi connectivity index (χ1n) is 23.9. The summed E-state index contributed by atoms with van der Waals surface area (Å²) in [6, 6.07) is 9.28. The molecule has 1 aromatic heterocycles. The average Bonchev–Trinajstić information content (AvgIpc) is 3.66. The van der Waals surface area contributed by atoms with Crippen LogP contribution in [-0.4, -0.2) is 157 Å². The Hall–Kier alpha value is -7.50. The minimum absolute atomic E-state index is 0.00321. The van der Waals surface area contributed by atoms with Crippen LogP contribution in [0.3, 0.4) is 0 Å². The van der Waals surface area contributed by atoms with Gasteiger partial charge in [-0.25, -0.2) is 29.5 Å². The van der Waals surface area contributed by atoms with E-state index in [0.717, 1.165) is 21.4 Å². The minimum Gasteiger partial charge on any atom is -0.497 e. The summed E-state index contributed by atoms with van der Waals surface area (Å²) in [7, 11) is 1.47. The molecule has 2 heterocycles. The number of aromatic nitrogens is 2. The van der Waals surface area contributed by atoms with E-state index in [9.17, 15) is 69.2 Å². The van der Waals surface area contributed by atoms with Crippen LogP contribution >= 0.6 is 0 Å². The normalized spacial score (nSPS) is 18.9. The Labute approximate surface area is 429 Å². The van der Waals surface area contributed by atoms with Crippen LogP contribution in [0.5, 0.6) is 5.75 Å². The lowest BCUT2D eigenvalue weighted by Gasteiger charge is -2.29. The largest absolute Gasteiger partial charge is 0.497 e. The molecule has 1 aliphatic heterocycles. The van der Waals surface area contributed by atoms with Crippen molar-refractivity contribution in [2.75, 3.05) is 26.7 Å². The molecule has 10 atom stereocenters. The molecule has 1 saturated heterocycles. The van der Waals surface area contributed by atoms with Crippen molar-refractivity contribution in [3.63, 3.8) is 0 Å². The van der Waals surface area contributed by atoms with E-state index in [0.29, 0.717) is 16.9 Å². The van der Waals surface area contributed by atoms with Gasteiger partial charge in [-0.3, -0.25) is 28.3 Å². The topological polar surface area (TPSA) is 412 Å². The number of rotatable bonds is 28. The Bertz CT molecular complexity index is 2540. The number of aliphatic imine (C=N–C) groups is 1. The molecular formula is C47H67N11O17. The number of aliphatic carboxylic acids is 1. The van der Waals surface area contributed by atoms with Crippen LogP contribution in [0.1, 0.15) is 64.3 Å². The van der Waals surface area contributed by atoms with Crippen LogP contribution in [0, 0.1) is 22.0 Å². The molecule has 3 aromatic rings. The molecule has 0 spiro atoms. The number of aliphatic hydroxyl groups excluding tert-OH is 4. The minimum atomic E-state index is -2.04. The third kappa shape index (κ3) is 17.6. The van der Waals surface area contributed by atoms with Crippen LogP contribution in [0.4, 0.5) is 4.79 Å². The van der Waals surface area contributed by atoms with Crippen molar-refractivity contribution in [2.24, 2.45) is 22.6 Å². The first-order chi connectivity index (χ1) is 35.5. The Balaban J connectivity index is 1.40. The number of ether oxygens (including phenoxy) is 3. The van der Waals surface area contributed by atoms with Gasteiger partial charge in [0.05, 0.1) is 19.8 Å². The number of nitrogens with two attached hydrogens (primary N) is 1. The number of carboxylic acid groups (broad SMARTS) is 1. The molecule has 4 amide bonds. The molecule has 0 radical (unpaired) electrons. The van der Waals surface area contributed by atoms with E-state index in [1.165, 1.54) is 7.11 Å². The van der Waals surface area contributed by atoms with E-state index in [1.807, 2.05) is 0 Å². The van der Waals surface area contributed by atoms with Gasteiger partial charge in [-0.05, 0) is 60.9 Å². The number of amides is 4. The quantitative estimate of drug-likeness (QED) is 0.00886. The number of hydrogen-bond acceptors (Lipinski definition) is 18. The maximum atomic E-state index is 13.9. The molecule has 1 unspecified atom stereocenters. The lowest BCUT2D eigenvalue weighted by molar-refractivity contribution is -0.525. The van der Waals surface area contributed by atoms with Crippen LogP contribution in [0.2, 0.25) is 0 Å². The zero-order chi connectivity index (χ0) is 55.5.